The number of thiophene rings is 1. The van der Waals surface area contributed by atoms with Gasteiger partial charge in [0.15, 0.2) is 0 Å². The lowest BCUT2D eigenvalue weighted by Gasteiger charge is -2.19. The van der Waals surface area contributed by atoms with E-state index in [0.29, 0.717) is 6.54 Å². The van der Waals surface area contributed by atoms with Gasteiger partial charge in [-0.2, -0.15) is 0 Å². The van der Waals surface area contributed by atoms with Gasteiger partial charge in [-0.15, -0.1) is 11.3 Å². The lowest BCUT2D eigenvalue weighted by molar-refractivity contribution is 0.0534. The summed E-state index contributed by atoms with van der Waals surface area (Å²) in [7, 11) is 0. The molecule has 0 spiro atoms. The summed E-state index contributed by atoms with van der Waals surface area (Å²) in [4.78, 5) is 12.4. The van der Waals surface area contributed by atoms with Gasteiger partial charge in [-0.25, -0.2) is 4.79 Å². The maximum absolute atomic E-state index is 11.3. The molecule has 0 fully saturated rings. The second-order valence-electron chi connectivity index (χ2n) is 4.45. The van der Waals surface area contributed by atoms with E-state index in [-0.39, 0.29) is 0 Å². The van der Waals surface area contributed by atoms with Crippen molar-refractivity contribution in [2.75, 3.05) is 6.54 Å². The van der Waals surface area contributed by atoms with Crippen molar-refractivity contribution in [3.05, 3.63) is 26.9 Å². The topological polar surface area (TPSA) is 38.3 Å². The van der Waals surface area contributed by atoms with Crippen LogP contribution in [0.5, 0.6) is 0 Å². The zero-order chi connectivity index (χ0) is 12.9. The second-order valence-corrected chi connectivity index (χ2v) is 6.31. The van der Waals surface area contributed by atoms with Gasteiger partial charge in [0.2, 0.25) is 0 Å². The van der Waals surface area contributed by atoms with Crippen molar-refractivity contribution in [2.24, 2.45) is 0 Å². The fourth-order valence-electron chi connectivity index (χ4n) is 1.05. The highest BCUT2D eigenvalue weighted by atomic mass is 79.9. The van der Waals surface area contributed by atoms with Crippen LogP contribution in [0.15, 0.2) is 22.0 Å². The van der Waals surface area contributed by atoms with E-state index in [2.05, 4.69) is 21.2 Å². The Morgan fingerprint density at radius 1 is 1.59 bits per heavy atom. The van der Waals surface area contributed by atoms with Crippen molar-refractivity contribution >= 4 is 39.4 Å². The molecule has 1 N–H and O–H groups in total. The number of nitrogens with one attached hydrogen (secondary N) is 1. The molecule has 1 aromatic rings. The highest BCUT2D eigenvalue weighted by Crippen LogP contribution is 2.20. The number of alkyl carbamates (subject to hydrolysis) is 1. The first-order chi connectivity index (χ1) is 7.87. The molecule has 0 aromatic carbocycles. The molecule has 0 atom stereocenters. The Hall–Kier alpha value is -0.810. The molecule has 1 amide bonds. The third-order valence-corrected chi connectivity index (χ3v) is 3.29. The average Bonchev–Trinajstić information content (AvgIpc) is 2.56. The fourth-order valence-corrected chi connectivity index (χ4v) is 2.41. The number of carbonyl (C=O) groups excluding carboxylic acids is 1. The van der Waals surface area contributed by atoms with Gasteiger partial charge < -0.3 is 10.1 Å². The maximum atomic E-state index is 11.3. The molecule has 0 aliphatic carbocycles. The normalized spacial score (nSPS) is 11.8. The molecular formula is C12H16BrNO2S. The van der Waals surface area contributed by atoms with Crippen molar-refractivity contribution < 1.29 is 9.53 Å². The lowest BCUT2D eigenvalue weighted by Crippen LogP contribution is -2.32. The molecule has 0 saturated heterocycles. The SMILES string of the molecule is CC(C)(C)OC(=O)NCC=Cc1cc(Br)cs1. The lowest BCUT2D eigenvalue weighted by atomic mass is 10.2. The molecule has 1 heterocycles. The Bertz CT molecular complexity index is 407. The number of carbonyl (C=O) groups is 1. The summed E-state index contributed by atoms with van der Waals surface area (Å²) in [6.07, 6.45) is 3.46. The third-order valence-electron chi connectivity index (χ3n) is 1.63. The number of hydrogen-bond acceptors (Lipinski definition) is 3. The van der Waals surface area contributed by atoms with Crippen LogP contribution >= 0.6 is 27.3 Å². The second kappa shape index (κ2) is 6.21. The van der Waals surface area contributed by atoms with Crippen LogP contribution in [0, 0.1) is 0 Å². The smallest absolute Gasteiger partial charge is 0.407 e. The van der Waals surface area contributed by atoms with Crippen molar-refractivity contribution in [1.82, 2.24) is 5.32 Å². The van der Waals surface area contributed by atoms with Gasteiger partial charge in [-0.05, 0) is 48.8 Å². The van der Waals surface area contributed by atoms with Gasteiger partial charge in [0.1, 0.15) is 5.60 Å². The zero-order valence-corrected chi connectivity index (χ0v) is 12.5. The minimum Gasteiger partial charge on any atom is -0.444 e. The molecule has 94 valence electrons. The van der Waals surface area contributed by atoms with E-state index in [0.717, 1.165) is 9.35 Å². The van der Waals surface area contributed by atoms with Gasteiger partial charge in [0.05, 0.1) is 0 Å². The number of hydrogen-bond donors (Lipinski definition) is 1. The maximum Gasteiger partial charge on any atom is 0.407 e. The van der Waals surface area contributed by atoms with Crippen LogP contribution in [0.25, 0.3) is 6.08 Å². The first-order valence-corrected chi connectivity index (χ1v) is 6.91. The van der Waals surface area contributed by atoms with Crippen LogP contribution in [0.3, 0.4) is 0 Å². The minimum atomic E-state index is -0.452. The summed E-state index contributed by atoms with van der Waals surface area (Å²) in [5.74, 6) is 0. The van der Waals surface area contributed by atoms with Crippen molar-refractivity contribution in [1.29, 1.82) is 0 Å². The standard InChI is InChI=1S/C12H16BrNO2S/c1-12(2,3)16-11(15)14-6-4-5-10-7-9(13)8-17-10/h4-5,7-8H,6H2,1-3H3,(H,14,15). The van der Waals surface area contributed by atoms with E-state index in [1.807, 2.05) is 44.4 Å². The highest BCUT2D eigenvalue weighted by molar-refractivity contribution is 9.10. The van der Waals surface area contributed by atoms with Crippen molar-refractivity contribution in [3.63, 3.8) is 0 Å². The van der Waals surface area contributed by atoms with Crippen LogP contribution in [0.2, 0.25) is 0 Å². The van der Waals surface area contributed by atoms with Crippen LogP contribution < -0.4 is 5.32 Å². The Labute approximate surface area is 114 Å². The summed E-state index contributed by atoms with van der Waals surface area (Å²) < 4.78 is 6.18. The molecule has 1 rings (SSSR count). The number of rotatable bonds is 3. The number of halogens is 1. The molecular weight excluding hydrogens is 302 g/mol. The molecule has 0 aliphatic heterocycles. The molecule has 0 bridgehead atoms. The molecule has 17 heavy (non-hydrogen) atoms. The van der Waals surface area contributed by atoms with Gasteiger partial charge in [0.25, 0.3) is 0 Å². The van der Waals surface area contributed by atoms with Gasteiger partial charge >= 0.3 is 6.09 Å². The number of amides is 1. The molecule has 0 unspecified atom stereocenters. The van der Waals surface area contributed by atoms with E-state index >= 15 is 0 Å². The van der Waals surface area contributed by atoms with Crippen LogP contribution in [0.1, 0.15) is 25.6 Å². The van der Waals surface area contributed by atoms with Crippen LogP contribution in [-0.4, -0.2) is 18.2 Å². The summed E-state index contributed by atoms with van der Waals surface area (Å²) in [5.41, 5.74) is -0.452. The summed E-state index contributed by atoms with van der Waals surface area (Å²) in [5, 5.41) is 4.68. The summed E-state index contributed by atoms with van der Waals surface area (Å²) in [6.45, 7) is 5.98. The van der Waals surface area contributed by atoms with Crippen molar-refractivity contribution in [3.8, 4) is 0 Å². The summed E-state index contributed by atoms with van der Waals surface area (Å²) in [6, 6.07) is 2.02. The first-order valence-electron chi connectivity index (χ1n) is 5.24. The van der Waals surface area contributed by atoms with Crippen LogP contribution in [-0.2, 0) is 4.74 Å². The molecule has 1 aromatic heterocycles. The minimum absolute atomic E-state index is 0.394. The predicted molar refractivity (Wildman–Crippen MR) is 75.3 cm³/mol. The summed E-state index contributed by atoms with van der Waals surface area (Å²) >= 11 is 5.02. The Balaban J connectivity index is 2.28. The van der Waals surface area contributed by atoms with E-state index in [4.69, 9.17) is 4.74 Å². The third kappa shape index (κ3) is 6.48. The zero-order valence-electron chi connectivity index (χ0n) is 10.1. The van der Waals surface area contributed by atoms with Crippen molar-refractivity contribution in [2.45, 2.75) is 26.4 Å². The monoisotopic (exact) mass is 317 g/mol. The molecule has 0 radical (unpaired) electrons. The molecule has 0 saturated carbocycles. The van der Waals surface area contributed by atoms with Crippen LogP contribution in [0.4, 0.5) is 4.79 Å². The Kier molecular flexibility index (Phi) is 5.21. The fraction of sp³-hybridized carbons (Fsp3) is 0.417. The van der Waals surface area contributed by atoms with E-state index in [1.54, 1.807) is 11.3 Å². The quantitative estimate of drug-likeness (QED) is 0.913. The Morgan fingerprint density at radius 3 is 2.82 bits per heavy atom. The Morgan fingerprint density at radius 2 is 2.29 bits per heavy atom. The first kappa shape index (κ1) is 14.3. The molecule has 5 heteroatoms. The van der Waals surface area contributed by atoms with Gasteiger partial charge in [-0.3, -0.25) is 0 Å². The van der Waals surface area contributed by atoms with E-state index in [1.165, 1.54) is 0 Å². The predicted octanol–water partition coefficient (Wildman–Crippen LogP) is 4.05. The highest BCUT2D eigenvalue weighted by Gasteiger charge is 2.14. The number of ether oxygens (including phenoxy) is 1. The van der Waals surface area contributed by atoms with Gasteiger partial charge in [-0.1, -0.05) is 6.08 Å². The van der Waals surface area contributed by atoms with E-state index in [9.17, 15) is 4.79 Å². The molecule has 0 aliphatic rings. The average molecular weight is 318 g/mol. The van der Waals surface area contributed by atoms with Gasteiger partial charge in [0, 0.05) is 21.3 Å². The molecule has 3 nitrogen and oxygen atoms in total. The largest absolute Gasteiger partial charge is 0.444 e. The van der Waals surface area contributed by atoms with E-state index < -0.39 is 11.7 Å².